The van der Waals surface area contributed by atoms with E-state index in [2.05, 4.69) is 72.8 Å². The number of benzene rings is 2. The Morgan fingerprint density at radius 1 is 0.857 bits per heavy atom. The third-order valence-corrected chi connectivity index (χ3v) is 3.63. The molecule has 106 valence electrons. The first kappa shape index (κ1) is 15.7. The van der Waals surface area contributed by atoms with Crippen molar-refractivity contribution in [1.82, 2.24) is 9.55 Å². The third-order valence-electron chi connectivity index (χ3n) is 3.63. The molecule has 0 aliphatic carbocycles. The number of rotatable bonds is 2. The molecule has 1 aromatic heterocycles. The maximum atomic E-state index is 4.54. The minimum Gasteiger partial charge on any atom is -0.299 e. The SMILES string of the molecule is Cc1ccc(-c2nccn2-c2c(C)cccc2C)cc1.[Ir+3]. The zero-order chi connectivity index (χ0) is 14.1. The monoisotopic (exact) mass is 455 g/mol. The number of para-hydroxylation sites is 1. The quantitative estimate of drug-likeness (QED) is 0.559. The van der Waals surface area contributed by atoms with Crippen LogP contribution in [0.4, 0.5) is 0 Å². The van der Waals surface area contributed by atoms with Gasteiger partial charge >= 0.3 is 20.1 Å². The van der Waals surface area contributed by atoms with Gasteiger partial charge < -0.3 is 0 Å². The molecule has 2 aromatic carbocycles. The second-order valence-corrected chi connectivity index (χ2v) is 5.23. The molecule has 3 heteroatoms. The summed E-state index contributed by atoms with van der Waals surface area (Å²) >= 11 is 0. The van der Waals surface area contributed by atoms with Crippen molar-refractivity contribution in [1.29, 1.82) is 0 Å². The molecule has 3 aromatic rings. The summed E-state index contributed by atoms with van der Waals surface area (Å²) in [7, 11) is 0. The van der Waals surface area contributed by atoms with Gasteiger partial charge in [-0.1, -0.05) is 48.0 Å². The largest absolute Gasteiger partial charge is 3.00 e. The smallest absolute Gasteiger partial charge is 0.299 e. The van der Waals surface area contributed by atoms with Crippen molar-refractivity contribution in [3.05, 3.63) is 71.5 Å². The minimum atomic E-state index is 0. The van der Waals surface area contributed by atoms with Gasteiger partial charge in [-0.15, -0.1) is 0 Å². The fraction of sp³-hybridized carbons (Fsp3) is 0.167. The van der Waals surface area contributed by atoms with Crippen LogP contribution in [0.3, 0.4) is 0 Å². The van der Waals surface area contributed by atoms with Crippen LogP contribution in [-0.2, 0) is 20.1 Å². The van der Waals surface area contributed by atoms with E-state index in [1.807, 2.05) is 12.4 Å². The number of aryl methyl sites for hydroxylation is 3. The molecule has 0 radical (unpaired) electrons. The summed E-state index contributed by atoms with van der Waals surface area (Å²) in [6, 6.07) is 14.9. The molecule has 0 N–H and O–H groups in total. The van der Waals surface area contributed by atoms with Crippen molar-refractivity contribution in [2.75, 3.05) is 0 Å². The van der Waals surface area contributed by atoms with E-state index < -0.39 is 0 Å². The Bertz CT molecular complexity index is 722. The summed E-state index contributed by atoms with van der Waals surface area (Å²) in [5.41, 5.74) is 6.15. The van der Waals surface area contributed by atoms with Crippen molar-refractivity contribution in [2.24, 2.45) is 0 Å². The molecule has 0 aliphatic heterocycles. The van der Waals surface area contributed by atoms with E-state index in [1.165, 1.54) is 22.4 Å². The molecular formula is C18H18IrN2+3. The Kier molecular flexibility index (Phi) is 4.76. The van der Waals surface area contributed by atoms with Gasteiger partial charge in [-0.3, -0.25) is 4.57 Å². The molecule has 0 spiro atoms. The van der Waals surface area contributed by atoms with Gasteiger partial charge in [0.2, 0.25) is 0 Å². The number of hydrogen-bond acceptors (Lipinski definition) is 1. The van der Waals surface area contributed by atoms with Crippen LogP contribution in [0.25, 0.3) is 17.1 Å². The van der Waals surface area contributed by atoms with E-state index in [-0.39, 0.29) is 20.1 Å². The van der Waals surface area contributed by atoms with E-state index in [0.717, 1.165) is 11.4 Å². The Morgan fingerprint density at radius 3 is 2.10 bits per heavy atom. The van der Waals surface area contributed by atoms with Crippen LogP contribution < -0.4 is 0 Å². The summed E-state index contributed by atoms with van der Waals surface area (Å²) in [4.78, 5) is 4.54. The topological polar surface area (TPSA) is 17.8 Å². The van der Waals surface area contributed by atoms with Gasteiger partial charge in [0.25, 0.3) is 0 Å². The molecule has 0 bridgehead atoms. The summed E-state index contributed by atoms with van der Waals surface area (Å²) < 4.78 is 2.18. The van der Waals surface area contributed by atoms with Gasteiger partial charge in [0.1, 0.15) is 5.82 Å². The van der Waals surface area contributed by atoms with Crippen LogP contribution in [-0.4, -0.2) is 9.55 Å². The van der Waals surface area contributed by atoms with Gasteiger partial charge in [-0.05, 0) is 31.9 Å². The summed E-state index contributed by atoms with van der Waals surface area (Å²) in [6.07, 6.45) is 3.89. The number of imidazole rings is 1. The predicted molar refractivity (Wildman–Crippen MR) is 83.2 cm³/mol. The Hall–Kier alpha value is -1.70. The van der Waals surface area contributed by atoms with Gasteiger partial charge in [-0.2, -0.15) is 0 Å². The van der Waals surface area contributed by atoms with Gasteiger partial charge in [0.05, 0.1) is 5.69 Å². The maximum Gasteiger partial charge on any atom is 3.00 e. The number of hydrogen-bond donors (Lipinski definition) is 0. The first-order chi connectivity index (χ1) is 9.66. The fourth-order valence-electron chi connectivity index (χ4n) is 2.59. The standard InChI is InChI=1S/C18H18N2.Ir/c1-13-7-9-16(10-8-13)18-19-11-12-20(18)17-14(2)5-4-6-15(17)3;/h4-12H,1-3H3;/q;+3. The Morgan fingerprint density at radius 2 is 1.48 bits per heavy atom. The molecule has 21 heavy (non-hydrogen) atoms. The van der Waals surface area contributed by atoms with Gasteiger partial charge in [-0.25, -0.2) is 4.98 Å². The fourth-order valence-corrected chi connectivity index (χ4v) is 2.59. The molecule has 1 heterocycles. The summed E-state index contributed by atoms with van der Waals surface area (Å²) in [5.74, 6) is 0.988. The van der Waals surface area contributed by atoms with Crippen LogP contribution in [0.1, 0.15) is 16.7 Å². The molecule has 0 saturated heterocycles. The van der Waals surface area contributed by atoms with Crippen molar-refractivity contribution in [3.8, 4) is 17.1 Å². The summed E-state index contributed by atoms with van der Waals surface area (Å²) in [5, 5.41) is 0. The number of aromatic nitrogens is 2. The average molecular weight is 455 g/mol. The van der Waals surface area contributed by atoms with Crippen LogP contribution in [0.5, 0.6) is 0 Å². The van der Waals surface area contributed by atoms with Crippen LogP contribution >= 0.6 is 0 Å². The van der Waals surface area contributed by atoms with Crippen molar-refractivity contribution in [3.63, 3.8) is 0 Å². The second-order valence-electron chi connectivity index (χ2n) is 5.23. The third kappa shape index (κ3) is 2.99. The first-order valence-electron chi connectivity index (χ1n) is 6.84. The molecule has 2 nitrogen and oxygen atoms in total. The average Bonchev–Trinajstić information content (AvgIpc) is 2.88. The van der Waals surface area contributed by atoms with Crippen LogP contribution in [0, 0.1) is 20.8 Å². The molecule has 3 rings (SSSR count). The van der Waals surface area contributed by atoms with Gasteiger partial charge in [0.15, 0.2) is 0 Å². The zero-order valence-corrected chi connectivity index (χ0v) is 14.8. The van der Waals surface area contributed by atoms with E-state index in [0.29, 0.717) is 0 Å². The summed E-state index contributed by atoms with van der Waals surface area (Å²) in [6.45, 7) is 6.38. The van der Waals surface area contributed by atoms with Crippen molar-refractivity contribution in [2.45, 2.75) is 20.8 Å². The van der Waals surface area contributed by atoms with E-state index >= 15 is 0 Å². The van der Waals surface area contributed by atoms with Crippen LogP contribution in [0.15, 0.2) is 54.9 Å². The maximum absolute atomic E-state index is 4.54. The Labute approximate surface area is 139 Å². The molecule has 0 saturated carbocycles. The van der Waals surface area contributed by atoms with Gasteiger partial charge in [0, 0.05) is 18.0 Å². The number of nitrogens with zero attached hydrogens (tertiary/aromatic N) is 2. The van der Waals surface area contributed by atoms with E-state index in [4.69, 9.17) is 0 Å². The van der Waals surface area contributed by atoms with Crippen molar-refractivity contribution >= 4 is 0 Å². The molecule has 0 atom stereocenters. The van der Waals surface area contributed by atoms with Crippen LogP contribution in [0.2, 0.25) is 0 Å². The molecule has 0 aliphatic rings. The first-order valence-corrected chi connectivity index (χ1v) is 6.84. The Balaban J connectivity index is 0.00000161. The predicted octanol–water partition coefficient (Wildman–Crippen LogP) is 4.46. The normalized spacial score (nSPS) is 10.2. The molecule has 0 fully saturated rings. The molecule has 0 unspecified atom stereocenters. The zero-order valence-electron chi connectivity index (χ0n) is 12.4. The molecule has 0 amide bonds. The second kappa shape index (κ2) is 6.38. The van der Waals surface area contributed by atoms with Crippen molar-refractivity contribution < 1.29 is 20.1 Å². The minimum absolute atomic E-state index is 0. The van der Waals surface area contributed by atoms with E-state index in [9.17, 15) is 0 Å². The molecular weight excluding hydrogens is 436 g/mol. The van der Waals surface area contributed by atoms with E-state index in [1.54, 1.807) is 0 Å².